The van der Waals surface area contributed by atoms with Crippen molar-refractivity contribution < 1.29 is 19.4 Å². The van der Waals surface area contributed by atoms with Crippen LogP contribution in [0, 0.1) is 32.1 Å². The van der Waals surface area contributed by atoms with E-state index in [0.29, 0.717) is 5.92 Å². The number of benzene rings is 3. The SMILES string of the molecule is Cc1cc(OCC2CCOCC2)cc(C)c1-c1cccc(CNc2ccc3c(c2)CC2(CC2)C3CC(=O)O)c1C. The molecule has 210 valence electrons. The van der Waals surface area contributed by atoms with E-state index in [2.05, 4.69) is 74.6 Å². The van der Waals surface area contributed by atoms with E-state index in [4.69, 9.17) is 9.47 Å². The number of fused-ring (bicyclic) bond motifs is 1. The zero-order valence-corrected chi connectivity index (χ0v) is 24.0. The van der Waals surface area contributed by atoms with Crippen molar-refractivity contribution in [3.05, 3.63) is 81.9 Å². The molecule has 1 saturated heterocycles. The molecule has 0 bridgehead atoms. The summed E-state index contributed by atoms with van der Waals surface area (Å²) in [6.07, 6.45) is 5.71. The van der Waals surface area contributed by atoms with Gasteiger partial charge in [-0.15, -0.1) is 0 Å². The summed E-state index contributed by atoms with van der Waals surface area (Å²) < 4.78 is 11.7. The highest BCUT2D eigenvalue weighted by Gasteiger charge is 2.54. The molecule has 40 heavy (non-hydrogen) atoms. The van der Waals surface area contributed by atoms with Gasteiger partial charge in [-0.3, -0.25) is 4.79 Å². The van der Waals surface area contributed by atoms with E-state index in [1.54, 1.807) is 0 Å². The Morgan fingerprint density at radius 1 is 1.05 bits per heavy atom. The van der Waals surface area contributed by atoms with Crippen molar-refractivity contribution in [1.29, 1.82) is 0 Å². The summed E-state index contributed by atoms with van der Waals surface area (Å²) in [6, 6.07) is 17.5. The minimum absolute atomic E-state index is 0.165. The number of aliphatic carboxylic acids is 1. The van der Waals surface area contributed by atoms with Gasteiger partial charge in [0.25, 0.3) is 0 Å². The number of carbonyl (C=O) groups is 1. The van der Waals surface area contributed by atoms with E-state index in [-0.39, 0.29) is 17.8 Å². The molecule has 1 unspecified atom stereocenters. The van der Waals surface area contributed by atoms with Crippen LogP contribution in [-0.4, -0.2) is 30.9 Å². The summed E-state index contributed by atoms with van der Waals surface area (Å²) in [7, 11) is 0. The first-order chi connectivity index (χ1) is 19.3. The molecule has 0 radical (unpaired) electrons. The molecule has 5 nitrogen and oxygen atoms in total. The highest BCUT2D eigenvalue weighted by Crippen LogP contribution is 2.64. The van der Waals surface area contributed by atoms with Crippen molar-refractivity contribution >= 4 is 11.7 Å². The van der Waals surface area contributed by atoms with E-state index in [1.807, 2.05) is 0 Å². The van der Waals surface area contributed by atoms with Crippen LogP contribution in [0.15, 0.2) is 48.5 Å². The number of carboxylic acids is 1. The van der Waals surface area contributed by atoms with Crippen LogP contribution in [-0.2, 0) is 22.5 Å². The first-order valence-electron chi connectivity index (χ1n) is 14.8. The van der Waals surface area contributed by atoms with Crippen LogP contribution in [0.1, 0.15) is 71.4 Å². The molecule has 3 aromatic carbocycles. The molecular formula is C35H41NO4. The summed E-state index contributed by atoms with van der Waals surface area (Å²) in [4.78, 5) is 11.5. The monoisotopic (exact) mass is 539 g/mol. The van der Waals surface area contributed by atoms with Crippen molar-refractivity contribution in [3.8, 4) is 16.9 Å². The average molecular weight is 540 g/mol. The van der Waals surface area contributed by atoms with Crippen molar-refractivity contribution in [1.82, 2.24) is 0 Å². The number of anilines is 1. The van der Waals surface area contributed by atoms with Crippen molar-refractivity contribution in [2.24, 2.45) is 11.3 Å². The van der Waals surface area contributed by atoms with Gasteiger partial charge in [-0.2, -0.15) is 0 Å². The van der Waals surface area contributed by atoms with Gasteiger partial charge in [-0.05, 0) is 133 Å². The second kappa shape index (κ2) is 10.9. The highest BCUT2D eigenvalue weighted by atomic mass is 16.5. The quantitative estimate of drug-likeness (QED) is 0.293. The number of hydrogen-bond donors (Lipinski definition) is 2. The van der Waals surface area contributed by atoms with Gasteiger partial charge in [0.05, 0.1) is 13.0 Å². The predicted octanol–water partition coefficient (Wildman–Crippen LogP) is 7.59. The fourth-order valence-electron chi connectivity index (χ4n) is 7.13. The average Bonchev–Trinajstić information content (AvgIpc) is 3.65. The largest absolute Gasteiger partial charge is 0.493 e. The fraction of sp³-hybridized carbons (Fsp3) is 0.457. The summed E-state index contributed by atoms with van der Waals surface area (Å²) >= 11 is 0. The lowest BCUT2D eigenvalue weighted by Crippen LogP contribution is -2.21. The molecule has 1 saturated carbocycles. The summed E-state index contributed by atoms with van der Waals surface area (Å²) in [6.45, 7) is 9.77. The minimum atomic E-state index is -0.690. The third-order valence-corrected chi connectivity index (χ3v) is 9.60. The van der Waals surface area contributed by atoms with Crippen molar-refractivity contribution in [3.63, 3.8) is 0 Å². The van der Waals surface area contributed by atoms with Crippen LogP contribution in [0.25, 0.3) is 11.1 Å². The molecule has 1 atom stereocenters. The minimum Gasteiger partial charge on any atom is -0.493 e. The summed E-state index contributed by atoms with van der Waals surface area (Å²) in [5, 5.41) is 13.1. The molecule has 6 rings (SSSR count). The van der Waals surface area contributed by atoms with Crippen LogP contribution in [0.4, 0.5) is 5.69 Å². The predicted molar refractivity (Wildman–Crippen MR) is 159 cm³/mol. The first kappa shape index (κ1) is 26.9. The van der Waals surface area contributed by atoms with Crippen molar-refractivity contribution in [2.75, 3.05) is 25.1 Å². The van der Waals surface area contributed by atoms with E-state index >= 15 is 0 Å². The first-order valence-corrected chi connectivity index (χ1v) is 14.8. The Balaban J connectivity index is 1.16. The standard InChI is InChI=1S/C35H41NO4/c1-22-15-29(40-21-25-9-13-39-14-10-25)16-23(2)34(22)30-6-4-5-26(24(30)3)20-36-28-7-8-31-27(17-28)19-35(11-12-35)32(31)18-33(37)38/h4-8,15-17,25,32,36H,9-14,18-21H2,1-3H3,(H,37,38). The van der Waals surface area contributed by atoms with Gasteiger partial charge in [-0.1, -0.05) is 24.3 Å². The van der Waals surface area contributed by atoms with Crippen LogP contribution < -0.4 is 10.1 Å². The molecule has 1 aliphatic heterocycles. The molecule has 1 heterocycles. The number of hydrogen-bond acceptors (Lipinski definition) is 4. The summed E-state index contributed by atoms with van der Waals surface area (Å²) in [5.41, 5.74) is 11.5. The Morgan fingerprint density at radius 3 is 2.50 bits per heavy atom. The molecule has 0 aromatic heterocycles. The fourth-order valence-corrected chi connectivity index (χ4v) is 7.13. The van der Waals surface area contributed by atoms with Gasteiger partial charge in [0, 0.05) is 31.4 Å². The second-order valence-corrected chi connectivity index (χ2v) is 12.3. The number of ether oxygens (including phenoxy) is 2. The third kappa shape index (κ3) is 5.36. The molecule has 3 aliphatic rings. The Hall–Kier alpha value is -3.31. The highest BCUT2D eigenvalue weighted by molar-refractivity contribution is 5.75. The molecular weight excluding hydrogens is 498 g/mol. The second-order valence-electron chi connectivity index (χ2n) is 12.3. The normalized spacial score (nSPS) is 19.4. The third-order valence-electron chi connectivity index (χ3n) is 9.60. The van der Waals surface area contributed by atoms with Gasteiger partial charge < -0.3 is 19.9 Å². The number of carboxylic acid groups (broad SMARTS) is 1. The van der Waals surface area contributed by atoms with Crippen molar-refractivity contribution in [2.45, 2.75) is 71.8 Å². The van der Waals surface area contributed by atoms with E-state index in [0.717, 1.165) is 69.9 Å². The molecule has 2 aliphatic carbocycles. The Morgan fingerprint density at radius 2 is 1.80 bits per heavy atom. The van der Waals surface area contributed by atoms with E-state index in [9.17, 15) is 9.90 Å². The van der Waals surface area contributed by atoms with Gasteiger partial charge >= 0.3 is 5.97 Å². The molecule has 5 heteroatoms. The Kier molecular flexibility index (Phi) is 7.35. The van der Waals surface area contributed by atoms with E-state index < -0.39 is 5.97 Å². The van der Waals surface area contributed by atoms with Crippen LogP contribution in [0.2, 0.25) is 0 Å². The topological polar surface area (TPSA) is 67.8 Å². The maximum atomic E-state index is 11.5. The number of aryl methyl sites for hydroxylation is 2. The van der Waals surface area contributed by atoms with Crippen LogP contribution in [0.3, 0.4) is 0 Å². The smallest absolute Gasteiger partial charge is 0.303 e. The summed E-state index contributed by atoms with van der Waals surface area (Å²) in [5.74, 6) is 1.01. The van der Waals surface area contributed by atoms with Gasteiger partial charge in [0.2, 0.25) is 0 Å². The van der Waals surface area contributed by atoms with Gasteiger partial charge in [0.1, 0.15) is 5.75 Å². The number of nitrogens with one attached hydrogen (secondary N) is 1. The van der Waals surface area contributed by atoms with Gasteiger partial charge in [-0.25, -0.2) is 0 Å². The lowest BCUT2D eigenvalue weighted by Gasteiger charge is -2.23. The number of rotatable bonds is 9. The Bertz CT molecular complexity index is 1390. The maximum absolute atomic E-state index is 11.5. The van der Waals surface area contributed by atoms with E-state index in [1.165, 1.54) is 44.5 Å². The lowest BCUT2D eigenvalue weighted by atomic mass is 9.87. The zero-order valence-electron chi connectivity index (χ0n) is 24.0. The van der Waals surface area contributed by atoms with Gasteiger partial charge in [0.15, 0.2) is 0 Å². The zero-order chi connectivity index (χ0) is 27.9. The maximum Gasteiger partial charge on any atom is 0.303 e. The Labute approximate surface area is 237 Å². The molecule has 3 aromatic rings. The lowest BCUT2D eigenvalue weighted by molar-refractivity contribution is -0.137. The molecule has 0 amide bonds. The van der Waals surface area contributed by atoms with Crippen LogP contribution >= 0.6 is 0 Å². The molecule has 1 spiro atoms. The molecule has 2 fully saturated rings. The molecule has 2 N–H and O–H groups in total. The van der Waals surface area contributed by atoms with Crippen LogP contribution in [0.5, 0.6) is 5.75 Å².